The molecule has 0 unspecified atom stereocenters. The van der Waals surface area contributed by atoms with Gasteiger partial charge in [-0.2, -0.15) is 4.98 Å². The lowest BCUT2D eigenvalue weighted by Crippen LogP contribution is -2.42. The van der Waals surface area contributed by atoms with E-state index in [1.807, 2.05) is 6.08 Å². The first-order valence-corrected chi connectivity index (χ1v) is 11.5. The Morgan fingerprint density at radius 2 is 1.90 bits per heavy atom. The molecule has 0 aromatic carbocycles. The molecule has 0 radical (unpaired) electrons. The van der Waals surface area contributed by atoms with Crippen molar-refractivity contribution in [1.29, 1.82) is 0 Å². The summed E-state index contributed by atoms with van der Waals surface area (Å²) in [5.41, 5.74) is 0.723. The molecule has 7 nitrogen and oxygen atoms in total. The minimum absolute atomic E-state index is 0.205. The molecular weight excluding hydrogens is 395 g/mol. The highest BCUT2D eigenvalue weighted by atomic mass is 32.2. The molecule has 1 saturated carbocycles. The molecule has 3 rings (SSSR count). The molecule has 2 N–H and O–H groups in total. The second kappa shape index (κ2) is 8.79. The number of aromatic nitrogens is 2. The highest BCUT2D eigenvalue weighted by Gasteiger charge is 2.30. The summed E-state index contributed by atoms with van der Waals surface area (Å²) in [6.45, 7) is 5.57. The molecule has 1 fully saturated rings. The highest BCUT2D eigenvalue weighted by molar-refractivity contribution is 7.90. The first-order chi connectivity index (χ1) is 13.6. The Labute approximate surface area is 171 Å². The summed E-state index contributed by atoms with van der Waals surface area (Å²) in [4.78, 5) is 4.36. The van der Waals surface area contributed by atoms with Crippen LogP contribution in [0.4, 0.5) is 10.4 Å². The zero-order valence-corrected chi connectivity index (χ0v) is 17.9. The highest BCUT2D eigenvalue weighted by Crippen LogP contribution is 2.27. The fourth-order valence-corrected chi connectivity index (χ4v) is 4.19. The molecule has 9 heteroatoms. The molecule has 0 bridgehead atoms. The van der Waals surface area contributed by atoms with Crippen molar-refractivity contribution < 1.29 is 17.3 Å². The van der Waals surface area contributed by atoms with Crippen molar-refractivity contribution in [3.05, 3.63) is 36.0 Å². The lowest BCUT2D eigenvalue weighted by atomic mass is 9.86. The van der Waals surface area contributed by atoms with Crippen molar-refractivity contribution >= 4 is 21.6 Å². The Morgan fingerprint density at radius 3 is 2.59 bits per heavy atom. The molecule has 1 aromatic heterocycles. The molecule has 0 atom stereocenters. The molecule has 0 aliphatic heterocycles. The van der Waals surface area contributed by atoms with E-state index in [2.05, 4.69) is 20.2 Å². The molecule has 1 heterocycles. The Balaban J connectivity index is 1.48. The van der Waals surface area contributed by atoms with Gasteiger partial charge < -0.3 is 9.84 Å². The Bertz CT molecular complexity index is 904. The lowest BCUT2D eigenvalue weighted by Gasteiger charge is -2.29. The van der Waals surface area contributed by atoms with Gasteiger partial charge in [-0.3, -0.25) is 0 Å². The zero-order valence-electron chi connectivity index (χ0n) is 17.1. The number of hydrogen-bond donors (Lipinski definition) is 2. The van der Waals surface area contributed by atoms with Crippen LogP contribution in [-0.4, -0.2) is 35.9 Å². The van der Waals surface area contributed by atoms with Crippen LogP contribution in [0.15, 0.2) is 34.7 Å². The van der Waals surface area contributed by atoms with Crippen molar-refractivity contribution in [2.45, 2.75) is 63.7 Å². The van der Waals surface area contributed by atoms with Gasteiger partial charge in [-0.05, 0) is 77.0 Å². The summed E-state index contributed by atoms with van der Waals surface area (Å²) in [5.74, 6) is 0.476. The van der Waals surface area contributed by atoms with E-state index in [1.54, 1.807) is 26.8 Å². The van der Waals surface area contributed by atoms with Gasteiger partial charge in [0.1, 0.15) is 5.83 Å². The molecule has 2 aliphatic carbocycles. The standard InChI is InChI=1S/C20H29FN4O3S/c1-20(2,3)29(26,27)22-13-14-7-11-17(12-8-14)23-19-24-18(25-28-19)15-5-4-6-16(21)10-9-15/h5-6,9-10,14,17,22H,4,7-8,11-13H2,1-3H3,(H,23,24,25). The number of anilines is 1. The van der Waals surface area contributed by atoms with E-state index < -0.39 is 14.8 Å². The number of halogens is 1. The van der Waals surface area contributed by atoms with E-state index in [-0.39, 0.29) is 11.9 Å². The van der Waals surface area contributed by atoms with Crippen molar-refractivity contribution in [2.75, 3.05) is 11.9 Å². The predicted molar refractivity (Wildman–Crippen MR) is 111 cm³/mol. The van der Waals surface area contributed by atoms with Crippen LogP contribution in [0, 0.1) is 5.92 Å². The topological polar surface area (TPSA) is 97.1 Å². The monoisotopic (exact) mass is 424 g/mol. The van der Waals surface area contributed by atoms with E-state index in [1.165, 1.54) is 12.2 Å². The first-order valence-electron chi connectivity index (χ1n) is 9.98. The minimum Gasteiger partial charge on any atom is -0.335 e. The van der Waals surface area contributed by atoms with Crippen LogP contribution in [0.2, 0.25) is 0 Å². The summed E-state index contributed by atoms with van der Waals surface area (Å²) >= 11 is 0. The fourth-order valence-electron chi connectivity index (χ4n) is 3.30. The third-order valence-corrected chi connectivity index (χ3v) is 7.46. The number of nitrogens with one attached hydrogen (secondary N) is 2. The van der Waals surface area contributed by atoms with Gasteiger partial charge in [-0.1, -0.05) is 11.2 Å². The smallest absolute Gasteiger partial charge is 0.322 e. The zero-order chi connectivity index (χ0) is 21.1. The summed E-state index contributed by atoms with van der Waals surface area (Å²) < 4.78 is 44.9. The predicted octanol–water partition coefficient (Wildman–Crippen LogP) is 3.95. The normalized spacial score (nSPS) is 23.3. The van der Waals surface area contributed by atoms with E-state index in [9.17, 15) is 12.8 Å². The van der Waals surface area contributed by atoms with Crippen LogP contribution >= 0.6 is 0 Å². The van der Waals surface area contributed by atoms with Crippen LogP contribution < -0.4 is 10.0 Å². The van der Waals surface area contributed by atoms with Gasteiger partial charge >= 0.3 is 6.01 Å². The van der Waals surface area contributed by atoms with E-state index in [0.717, 1.165) is 31.3 Å². The molecule has 2 aliphatic rings. The molecule has 1 aromatic rings. The SMILES string of the molecule is CC(C)(C)S(=O)(=O)NCC1CCC(Nc2nc(C3=CCC=C(F)C=C3)no2)CC1. The maximum atomic E-state index is 13.3. The third kappa shape index (κ3) is 5.76. The number of sulfonamides is 1. The summed E-state index contributed by atoms with van der Waals surface area (Å²) in [7, 11) is -3.31. The molecule has 160 valence electrons. The number of nitrogens with zero attached hydrogens (tertiary/aromatic N) is 2. The van der Waals surface area contributed by atoms with E-state index in [0.29, 0.717) is 30.7 Å². The molecule has 29 heavy (non-hydrogen) atoms. The lowest BCUT2D eigenvalue weighted by molar-refractivity contribution is 0.329. The van der Waals surface area contributed by atoms with E-state index in [4.69, 9.17) is 4.52 Å². The quantitative estimate of drug-likeness (QED) is 0.718. The summed E-state index contributed by atoms with van der Waals surface area (Å²) in [6.07, 6.45) is 10.5. The first kappa shape index (κ1) is 21.7. The van der Waals surface area contributed by atoms with Gasteiger partial charge in [-0.25, -0.2) is 17.5 Å². The van der Waals surface area contributed by atoms with Crippen molar-refractivity contribution in [3.8, 4) is 0 Å². The van der Waals surface area contributed by atoms with Gasteiger partial charge in [0.05, 0.1) is 4.75 Å². The van der Waals surface area contributed by atoms with Crippen molar-refractivity contribution in [2.24, 2.45) is 5.92 Å². The van der Waals surface area contributed by atoms with Gasteiger partial charge in [-0.15, -0.1) is 0 Å². The average Bonchev–Trinajstić information content (AvgIpc) is 3.00. The van der Waals surface area contributed by atoms with Gasteiger partial charge in [0.15, 0.2) is 0 Å². The van der Waals surface area contributed by atoms with Crippen molar-refractivity contribution in [1.82, 2.24) is 14.9 Å². The average molecular weight is 425 g/mol. The second-order valence-electron chi connectivity index (χ2n) is 8.57. The van der Waals surface area contributed by atoms with Crippen LogP contribution in [0.25, 0.3) is 5.57 Å². The van der Waals surface area contributed by atoms with Crippen LogP contribution in [0.1, 0.15) is 58.7 Å². The van der Waals surface area contributed by atoms with Gasteiger partial charge in [0.25, 0.3) is 0 Å². The number of allylic oxidation sites excluding steroid dienone is 6. The second-order valence-corrected chi connectivity index (χ2v) is 11.1. The molecule has 0 spiro atoms. The van der Waals surface area contributed by atoms with Gasteiger partial charge in [0.2, 0.25) is 15.8 Å². The summed E-state index contributed by atoms with van der Waals surface area (Å²) in [5, 5.41) is 7.24. The fraction of sp³-hybridized carbons (Fsp3) is 0.600. The Hall–Kier alpha value is -2.00. The largest absolute Gasteiger partial charge is 0.335 e. The summed E-state index contributed by atoms with van der Waals surface area (Å²) in [6, 6.07) is 0.556. The maximum absolute atomic E-state index is 13.3. The molecule has 0 amide bonds. The van der Waals surface area contributed by atoms with Crippen LogP contribution in [-0.2, 0) is 10.0 Å². The minimum atomic E-state index is -3.31. The third-order valence-electron chi connectivity index (χ3n) is 5.30. The van der Waals surface area contributed by atoms with Crippen LogP contribution in [0.5, 0.6) is 0 Å². The molecule has 0 saturated heterocycles. The van der Waals surface area contributed by atoms with Crippen LogP contribution in [0.3, 0.4) is 0 Å². The molecular formula is C20H29FN4O3S. The Kier molecular flexibility index (Phi) is 6.58. The number of rotatable bonds is 6. The number of hydrogen-bond acceptors (Lipinski definition) is 6. The Morgan fingerprint density at radius 1 is 1.17 bits per heavy atom. The van der Waals surface area contributed by atoms with E-state index >= 15 is 0 Å². The maximum Gasteiger partial charge on any atom is 0.322 e. The van der Waals surface area contributed by atoms with Crippen molar-refractivity contribution in [3.63, 3.8) is 0 Å². The van der Waals surface area contributed by atoms with Gasteiger partial charge in [0, 0.05) is 18.2 Å².